The van der Waals surface area contributed by atoms with Gasteiger partial charge in [0.1, 0.15) is 6.54 Å². The number of nitrogens with zero attached hydrogens (tertiary/aromatic N) is 2. The molecule has 0 radical (unpaired) electrons. The highest BCUT2D eigenvalue weighted by atomic mass is 32.2. The van der Waals surface area contributed by atoms with Crippen molar-refractivity contribution in [3.05, 3.63) is 69.2 Å². The van der Waals surface area contributed by atoms with E-state index in [0.29, 0.717) is 31.2 Å². The van der Waals surface area contributed by atoms with Crippen LogP contribution in [0.15, 0.2) is 36.4 Å². The van der Waals surface area contributed by atoms with Gasteiger partial charge in [-0.25, -0.2) is 9.37 Å². The van der Waals surface area contributed by atoms with Crippen molar-refractivity contribution >= 4 is 46.9 Å². The van der Waals surface area contributed by atoms with Crippen molar-refractivity contribution in [1.29, 1.82) is 0 Å². The number of anilines is 1. The number of carbonyl (C=O) groups excluding carboxylic acids is 3. The summed E-state index contributed by atoms with van der Waals surface area (Å²) in [7, 11) is 4.19. The van der Waals surface area contributed by atoms with Gasteiger partial charge >= 0.3 is 6.03 Å². The van der Waals surface area contributed by atoms with Gasteiger partial charge in [0.2, 0.25) is 17.2 Å². The van der Waals surface area contributed by atoms with E-state index in [1.807, 2.05) is 11.8 Å². The maximum atomic E-state index is 12.8. The zero-order valence-corrected chi connectivity index (χ0v) is 33.8. The van der Waals surface area contributed by atoms with Gasteiger partial charge in [-0.05, 0) is 96.9 Å². The van der Waals surface area contributed by atoms with Crippen LogP contribution in [0.5, 0.6) is 0 Å². The summed E-state index contributed by atoms with van der Waals surface area (Å²) in [6.45, 7) is 13.6. The highest BCUT2D eigenvalue weighted by Gasteiger charge is 2.42. The van der Waals surface area contributed by atoms with Crippen molar-refractivity contribution in [3.8, 4) is 0 Å². The Kier molecular flexibility index (Phi) is 12.0. The average Bonchev–Trinajstić information content (AvgIpc) is 3.66. The molecule has 6 rings (SSSR count). The standard InChI is InChI=1S/C43H60N6O3S/c1-28-26-42(2,3)49(36-25-34-30(23-32(28)36)22-29-17-18-31(48(6)7)24-33(29)43(34,4)5)21-13-16-39(51)45-20-12-8-11-19-44-38(50)15-10-9-14-37-40-35(27-53-37)46-41(52)47-40/h17-18,22-26,35,37,40H,8-16,19-21,27H2,1-7H3,(H3-,44,45,46,47,50,51,52)/p+1. The van der Waals surface area contributed by atoms with Gasteiger partial charge in [0.05, 0.1) is 12.1 Å². The monoisotopic (exact) mass is 741 g/mol. The molecule has 3 unspecified atom stereocenters. The average molecular weight is 742 g/mol. The first-order chi connectivity index (χ1) is 25.2. The summed E-state index contributed by atoms with van der Waals surface area (Å²) in [5.41, 5.74) is 7.47. The number of carbonyl (C=O) groups is 3. The fraction of sp³-hybridized carbons (Fsp3) is 0.581. The van der Waals surface area contributed by atoms with Crippen molar-refractivity contribution in [2.24, 2.45) is 0 Å². The molecule has 0 aromatic heterocycles. The lowest BCUT2D eigenvalue weighted by Crippen LogP contribution is -2.50. The van der Waals surface area contributed by atoms with E-state index in [1.54, 1.807) is 0 Å². The summed E-state index contributed by atoms with van der Waals surface area (Å²) < 4.78 is 2.50. The molecule has 53 heavy (non-hydrogen) atoms. The number of amides is 4. The normalized spacial score (nSPS) is 21.6. The number of urea groups is 1. The van der Waals surface area contributed by atoms with E-state index >= 15 is 0 Å². The molecule has 0 saturated carbocycles. The highest BCUT2D eigenvalue weighted by Crippen LogP contribution is 2.37. The van der Waals surface area contributed by atoms with Gasteiger partial charge in [0.15, 0.2) is 5.54 Å². The highest BCUT2D eigenvalue weighted by molar-refractivity contribution is 8.00. The molecule has 9 nitrogen and oxygen atoms in total. The summed E-state index contributed by atoms with van der Waals surface area (Å²) in [4.78, 5) is 38.9. The summed E-state index contributed by atoms with van der Waals surface area (Å²) in [6, 6.07) is 12.0. The summed E-state index contributed by atoms with van der Waals surface area (Å²) in [5, 5.41) is 15.2. The molecule has 1 aliphatic carbocycles. The van der Waals surface area contributed by atoms with Crippen LogP contribution in [-0.4, -0.2) is 80.2 Å². The van der Waals surface area contributed by atoms with Gasteiger partial charge < -0.3 is 26.2 Å². The Morgan fingerprint density at radius 3 is 2.34 bits per heavy atom. The minimum absolute atomic E-state index is 0.0490. The number of hydrogen-bond acceptors (Lipinski definition) is 5. The van der Waals surface area contributed by atoms with Gasteiger partial charge in [-0.1, -0.05) is 26.3 Å². The SMILES string of the molecule is CC1=CC(C)(C)[N+](CCCC(=O)NCCCCCNC(=O)CCCCC2SCC3NC(=O)NC32)=c2cc3c(cc21)=Cc1ccc(N(C)C)cc1C3(C)C. The molecule has 4 aliphatic rings. The summed E-state index contributed by atoms with van der Waals surface area (Å²) in [5.74, 6) is 1.19. The first-order valence-electron chi connectivity index (χ1n) is 19.8. The minimum atomic E-state index is -0.165. The van der Waals surface area contributed by atoms with Gasteiger partial charge in [0, 0.05) is 94.0 Å². The van der Waals surface area contributed by atoms with Crippen LogP contribution in [0.3, 0.4) is 0 Å². The zero-order valence-electron chi connectivity index (χ0n) is 33.0. The Morgan fingerprint density at radius 2 is 1.62 bits per heavy atom. The van der Waals surface area contributed by atoms with Crippen molar-refractivity contribution in [2.45, 2.75) is 121 Å². The number of benzene rings is 2. The molecule has 2 aromatic carbocycles. The molecule has 0 bridgehead atoms. The summed E-state index contributed by atoms with van der Waals surface area (Å²) >= 11 is 1.92. The number of allylic oxidation sites excluding steroid dienone is 1. The molecule has 2 aromatic rings. The van der Waals surface area contributed by atoms with E-state index < -0.39 is 0 Å². The quantitative estimate of drug-likeness (QED) is 0.112. The number of nitrogens with one attached hydrogen (secondary N) is 4. The molecule has 2 fully saturated rings. The minimum Gasteiger partial charge on any atom is -0.378 e. The lowest BCUT2D eigenvalue weighted by atomic mass is 9.71. The van der Waals surface area contributed by atoms with Crippen LogP contribution in [0.4, 0.5) is 10.5 Å². The third-order valence-corrected chi connectivity index (χ3v) is 13.2. The van der Waals surface area contributed by atoms with Crippen LogP contribution in [0.1, 0.15) is 115 Å². The van der Waals surface area contributed by atoms with Gasteiger partial charge in [-0.15, -0.1) is 0 Å². The van der Waals surface area contributed by atoms with Gasteiger partial charge in [0.25, 0.3) is 0 Å². The lowest BCUT2D eigenvalue weighted by Gasteiger charge is -2.33. The number of hydrogen-bond donors (Lipinski definition) is 4. The van der Waals surface area contributed by atoms with Crippen LogP contribution >= 0.6 is 11.8 Å². The Hall–Kier alpha value is -3.79. The third kappa shape index (κ3) is 8.79. The second-order valence-corrected chi connectivity index (χ2v) is 18.0. The molecule has 10 heteroatoms. The van der Waals surface area contributed by atoms with E-state index in [4.69, 9.17) is 0 Å². The Balaban J connectivity index is 0.930. The van der Waals surface area contributed by atoms with E-state index in [-0.39, 0.29) is 40.9 Å². The van der Waals surface area contributed by atoms with E-state index in [9.17, 15) is 14.4 Å². The fourth-order valence-electron chi connectivity index (χ4n) is 8.74. The second kappa shape index (κ2) is 16.3. The molecule has 4 N–H and O–H groups in total. The summed E-state index contributed by atoms with van der Waals surface area (Å²) in [6.07, 6.45) is 12.2. The first kappa shape index (κ1) is 38.9. The molecule has 3 aliphatic heterocycles. The smallest absolute Gasteiger partial charge is 0.315 e. The second-order valence-electron chi connectivity index (χ2n) is 16.8. The molecule has 3 heterocycles. The van der Waals surface area contributed by atoms with Gasteiger partial charge in [-0.3, -0.25) is 9.59 Å². The third-order valence-electron chi connectivity index (χ3n) is 11.7. The molecule has 286 valence electrons. The number of unbranched alkanes of at least 4 members (excludes halogenated alkanes) is 3. The zero-order chi connectivity index (χ0) is 37.9. The Morgan fingerprint density at radius 1 is 0.906 bits per heavy atom. The predicted molar refractivity (Wildman–Crippen MR) is 219 cm³/mol. The van der Waals surface area contributed by atoms with Crippen molar-refractivity contribution in [1.82, 2.24) is 25.8 Å². The molecular formula is C43H61N6O3S+. The van der Waals surface area contributed by atoms with Crippen LogP contribution in [0, 0.1) is 0 Å². The number of rotatable bonds is 16. The van der Waals surface area contributed by atoms with Crippen LogP contribution in [-0.2, 0) is 15.0 Å². The fourth-order valence-corrected chi connectivity index (χ4v) is 10.3. The Labute approximate surface area is 320 Å². The maximum Gasteiger partial charge on any atom is 0.315 e. The van der Waals surface area contributed by atoms with Gasteiger partial charge in [-0.2, -0.15) is 11.8 Å². The Bertz CT molecular complexity index is 1880. The van der Waals surface area contributed by atoms with Crippen molar-refractivity contribution in [3.63, 3.8) is 0 Å². The first-order valence-corrected chi connectivity index (χ1v) is 20.8. The number of thioether (sulfide) groups is 1. The lowest BCUT2D eigenvalue weighted by molar-refractivity contribution is -0.121. The topological polar surface area (TPSA) is 106 Å². The van der Waals surface area contributed by atoms with Crippen LogP contribution in [0.25, 0.3) is 11.6 Å². The van der Waals surface area contributed by atoms with E-state index in [0.717, 1.165) is 57.2 Å². The maximum absolute atomic E-state index is 12.8. The molecule has 4 amide bonds. The van der Waals surface area contributed by atoms with Crippen molar-refractivity contribution < 1.29 is 14.4 Å². The van der Waals surface area contributed by atoms with E-state index in [2.05, 4.69) is 122 Å². The largest absolute Gasteiger partial charge is 0.378 e. The predicted octanol–water partition coefficient (Wildman–Crippen LogP) is 4.82. The molecular weight excluding hydrogens is 681 g/mol. The van der Waals surface area contributed by atoms with Crippen LogP contribution in [0.2, 0.25) is 0 Å². The molecule has 2 saturated heterocycles. The molecule has 3 atom stereocenters. The van der Waals surface area contributed by atoms with E-state index in [1.165, 1.54) is 44.1 Å². The molecule has 0 spiro atoms. The van der Waals surface area contributed by atoms with Crippen molar-refractivity contribution in [2.75, 3.05) is 44.4 Å². The number of fused-ring (bicyclic) bond motifs is 4. The van der Waals surface area contributed by atoms with Crippen LogP contribution < -0.4 is 41.3 Å².